The van der Waals surface area contributed by atoms with E-state index in [-0.39, 0.29) is 0 Å². The van der Waals surface area contributed by atoms with E-state index in [9.17, 15) is 19.8 Å². The molecule has 0 saturated carbocycles. The van der Waals surface area contributed by atoms with Crippen molar-refractivity contribution in [2.45, 2.75) is 206 Å². The summed E-state index contributed by atoms with van der Waals surface area (Å²) in [4.78, 5) is 38.8. The van der Waals surface area contributed by atoms with Gasteiger partial charge in [0, 0.05) is 22.2 Å². The van der Waals surface area contributed by atoms with Gasteiger partial charge in [0.1, 0.15) is 0 Å². The molecule has 0 radical (unpaired) electrons. The van der Waals surface area contributed by atoms with Crippen LogP contribution in [-0.4, -0.2) is 90.0 Å². The monoisotopic (exact) mass is 655 g/mol. The van der Waals surface area contributed by atoms with Gasteiger partial charge in [0.05, 0.1) is 25.3 Å². The Hall–Kier alpha value is -1.62. The summed E-state index contributed by atoms with van der Waals surface area (Å²) in [6.45, 7) is 22.2. The van der Waals surface area contributed by atoms with E-state index >= 15 is 0 Å². The highest BCUT2D eigenvalue weighted by Crippen LogP contribution is 2.44. The number of hydrogen-bond acceptors (Lipinski definition) is 6. The lowest BCUT2D eigenvalue weighted by Crippen LogP contribution is -2.70. The molecule has 0 aliphatic carbocycles. The van der Waals surface area contributed by atoms with E-state index in [1.54, 1.807) is 0 Å². The average Bonchev–Trinajstić information content (AvgIpc) is 2.91. The van der Waals surface area contributed by atoms with Crippen molar-refractivity contribution in [3.63, 3.8) is 0 Å². The van der Waals surface area contributed by atoms with Crippen LogP contribution in [-0.2, 0) is 9.68 Å². The van der Waals surface area contributed by atoms with E-state index in [0.29, 0.717) is 38.9 Å². The second-order valence-corrected chi connectivity index (χ2v) is 16.4. The van der Waals surface area contributed by atoms with Gasteiger partial charge in [0.25, 0.3) is 0 Å². The predicted octanol–water partition coefficient (Wildman–Crippen LogP) is 9.49. The molecule has 2 fully saturated rings. The zero-order valence-corrected chi connectivity index (χ0v) is 31.2. The molecule has 0 spiro atoms. The van der Waals surface area contributed by atoms with Gasteiger partial charge in [0.2, 0.25) is 0 Å². The van der Waals surface area contributed by atoms with Crippen LogP contribution in [0.15, 0.2) is 0 Å². The first-order valence-corrected chi connectivity index (χ1v) is 18.3. The molecule has 2 saturated heterocycles. The first-order chi connectivity index (χ1) is 21.4. The van der Waals surface area contributed by atoms with Gasteiger partial charge < -0.3 is 10.2 Å². The van der Waals surface area contributed by atoms with Crippen molar-refractivity contribution >= 4 is 12.2 Å². The number of hydrazine groups is 1. The Bertz CT molecular complexity index is 829. The van der Waals surface area contributed by atoms with Crippen LogP contribution in [0.25, 0.3) is 0 Å². The fraction of sp³-hybridized carbons (Fsp3) is 0.944. The summed E-state index contributed by atoms with van der Waals surface area (Å²) in [6.07, 6.45) is 13.5. The molecular weight excluding hydrogens is 584 g/mol. The Morgan fingerprint density at radius 1 is 0.543 bits per heavy atom. The summed E-state index contributed by atoms with van der Waals surface area (Å²) < 4.78 is 0. The molecular formula is C36H70N4O6. The van der Waals surface area contributed by atoms with Crippen LogP contribution >= 0.6 is 0 Å². The third-order valence-electron chi connectivity index (χ3n) is 9.89. The highest BCUT2D eigenvalue weighted by atomic mass is 16.7. The van der Waals surface area contributed by atoms with Gasteiger partial charge in [-0.05, 0) is 93.9 Å². The smallest absolute Gasteiger partial charge is 0.426 e. The van der Waals surface area contributed by atoms with E-state index in [2.05, 4.69) is 69.2 Å². The SMILES string of the molecule is CCCCCCCCON1C(C)(C)CC(N(C(=O)O)N(C(=O)O)C2CC(C)(C)N(OCCCCCCCC)C(C)(C)C2)CC1(C)C. The maximum atomic E-state index is 13.0. The predicted molar refractivity (Wildman–Crippen MR) is 184 cm³/mol. The lowest BCUT2D eigenvalue weighted by Gasteiger charge is -2.58. The van der Waals surface area contributed by atoms with E-state index in [1.165, 1.54) is 51.4 Å². The van der Waals surface area contributed by atoms with Crippen LogP contribution in [0.1, 0.15) is 172 Å². The first kappa shape index (κ1) is 40.6. The fourth-order valence-electron chi connectivity index (χ4n) is 8.39. The minimum atomic E-state index is -1.24. The molecule has 0 bridgehead atoms. The van der Waals surface area contributed by atoms with Gasteiger partial charge in [-0.3, -0.25) is 9.68 Å². The number of carboxylic acid groups (broad SMARTS) is 2. The maximum Gasteiger partial charge on any atom is 0.426 e. The number of carbonyl (C=O) groups is 2. The number of piperidine rings is 2. The molecule has 46 heavy (non-hydrogen) atoms. The van der Waals surface area contributed by atoms with Crippen molar-refractivity contribution in [1.82, 2.24) is 20.1 Å². The van der Waals surface area contributed by atoms with Crippen molar-refractivity contribution in [2.24, 2.45) is 0 Å². The summed E-state index contributed by atoms with van der Waals surface area (Å²) >= 11 is 0. The van der Waals surface area contributed by atoms with E-state index < -0.39 is 46.4 Å². The van der Waals surface area contributed by atoms with Crippen molar-refractivity contribution < 1.29 is 29.5 Å². The van der Waals surface area contributed by atoms with Crippen LogP contribution in [0.4, 0.5) is 9.59 Å². The van der Waals surface area contributed by atoms with Gasteiger partial charge in [-0.1, -0.05) is 78.1 Å². The zero-order valence-electron chi connectivity index (χ0n) is 31.2. The maximum absolute atomic E-state index is 13.0. The van der Waals surface area contributed by atoms with Gasteiger partial charge in [0.15, 0.2) is 0 Å². The zero-order chi connectivity index (χ0) is 34.8. The van der Waals surface area contributed by atoms with Crippen LogP contribution < -0.4 is 0 Å². The van der Waals surface area contributed by atoms with Gasteiger partial charge in [-0.15, -0.1) is 0 Å². The third kappa shape index (κ3) is 11.2. The second-order valence-electron chi connectivity index (χ2n) is 16.4. The van der Waals surface area contributed by atoms with Crippen LogP contribution in [0, 0.1) is 0 Å². The molecule has 0 unspecified atom stereocenters. The average molecular weight is 655 g/mol. The van der Waals surface area contributed by atoms with Crippen molar-refractivity contribution in [3.8, 4) is 0 Å². The lowest BCUT2D eigenvalue weighted by atomic mass is 9.77. The number of amides is 2. The van der Waals surface area contributed by atoms with E-state index in [0.717, 1.165) is 35.7 Å². The van der Waals surface area contributed by atoms with Gasteiger partial charge >= 0.3 is 12.2 Å². The Labute approximate surface area is 281 Å². The molecule has 0 atom stereocenters. The Morgan fingerprint density at radius 3 is 1.07 bits per heavy atom. The van der Waals surface area contributed by atoms with Gasteiger partial charge in [-0.25, -0.2) is 19.6 Å². The summed E-state index contributed by atoms with van der Waals surface area (Å²) in [5.74, 6) is 0. The number of hydrogen-bond donors (Lipinski definition) is 2. The molecule has 10 nitrogen and oxygen atoms in total. The van der Waals surface area contributed by atoms with Crippen LogP contribution in [0.3, 0.4) is 0 Å². The standard InChI is InChI=1S/C36H70N4O6/c1-11-13-15-17-19-21-23-45-39-33(3,4)25-29(26-34(39,5)6)37(31(41)42)38(32(43)44)30-27-35(7,8)40(36(9,10)28-30)46-24-22-20-18-16-14-12-2/h29-30H,11-28H2,1-10H3,(H,41,42)(H,43,44). The quantitative estimate of drug-likeness (QED) is 0.111. The number of nitrogens with zero attached hydrogens (tertiary/aromatic N) is 4. The molecule has 0 aromatic carbocycles. The topological polar surface area (TPSA) is 106 Å². The highest BCUT2D eigenvalue weighted by Gasteiger charge is 2.54. The first-order valence-electron chi connectivity index (χ1n) is 18.3. The summed E-state index contributed by atoms with van der Waals surface area (Å²) in [7, 11) is 0. The van der Waals surface area contributed by atoms with Crippen LogP contribution in [0.2, 0.25) is 0 Å². The molecule has 2 aliphatic rings. The molecule has 0 aromatic rings. The highest BCUT2D eigenvalue weighted by molar-refractivity contribution is 5.72. The Balaban J connectivity index is 2.18. The van der Waals surface area contributed by atoms with Crippen molar-refractivity contribution in [1.29, 1.82) is 0 Å². The molecule has 2 rings (SSSR count). The van der Waals surface area contributed by atoms with Crippen LogP contribution in [0.5, 0.6) is 0 Å². The molecule has 10 heteroatoms. The fourth-order valence-corrected chi connectivity index (χ4v) is 8.39. The lowest BCUT2D eigenvalue weighted by molar-refractivity contribution is -0.300. The number of hydroxylamine groups is 4. The number of rotatable bonds is 18. The summed E-state index contributed by atoms with van der Waals surface area (Å²) in [5, 5.41) is 27.6. The largest absolute Gasteiger partial charge is 0.464 e. The van der Waals surface area contributed by atoms with Crippen molar-refractivity contribution in [2.75, 3.05) is 13.2 Å². The Kier molecular flexibility index (Phi) is 15.6. The summed E-state index contributed by atoms with van der Waals surface area (Å²) in [6, 6.07) is -1.05. The molecule has 270 valence electrons. The van der Waals surface area contributed by atoms with E-state index in [1.807, 2.05) is 10.1 Å². The Morgan fingerprint density at radius 2 is 0.804 bits per heavy atom. The van der Waals surface area contributed by atoms with Crippen molar-refractivity contribution in [3.05, 3.63) is 0 Å². The minimum Gasteiger partial charge on any atom is -0.464 e. The normalized spacial score (nSPS) is 21.7. The molecule has 2 heterocycles. The number of unbranched alkanes of at least 4 members (excludes halogenated alkanes) is 10. The molecule has 2 amide bonds. The molecule has 2 aliphatic heterocycles. The summed E-state index contributed by atoms with van der Waals surface area (Å²) in [5.41, 5.74) is -2.00. The minimum absolute atomic E-state index is 0.454. The second kappa shape index (κ2) is 17.7. The van der Waals surface area contributed by atoms with Gasteiger partial charge in [-0.2, -0.15) is 10.1 Å². The molecule has 0 aromatic heterocycles. The third-order valence-corrected chi connectivity index (χ3v) is 9.89. The van der Waals surface area contributed by atoms with E-state index in [4.69, 9.17) is 9.68 Å². The molecule has 2 N–H and O–H groups in total.